The van der Waals surface area contributed by atoms with Crippen LogP contribution < -0.4 is 10.6 Å². The molecule has 0 bridgehead atoms. The van der Waals surface area contributed by atoms with E-state index in [0.717, 1.165) is 30.1 Å². The van der Waals surface area contributed by atoms with Gasteiger partial charge in [-0.2, -0.15) is 0 Å². The van der Waals surface area contributed by atoms with Crippen molar-refractivity contribution < 1.29 is 4.79 Å². The Bertz CT molecular complexity index is 632. The Morgan fingerprint density at radius 1 is 1.52 bits per heavy atom. The van der Waals surface area contributed by atoms with Gasteiger partial charge in [0.1, 0.15) is 10.7 Å². The lowest BCUT2D eigenvalue weighted by Crippen LogP contribution is -2.15. The first-order chi connectivity index (χ1) is 10.3. The van der Waals surface area contributed by atoms with Crippen molar-refractivity contribution in [1.29, 1.82) is 0 Å². The maximum Gasteiger partial charge on any atom is 0.275 e. The molecule has 0 spiro atoms. The van der Waals surface area contributed by atoms with E-state index >= 15 is 0 Å². The molecule has 3 rings (SSSR count). The Hall–Kier alpha value is -1.72. The van der Waals surface area contributed by atoms with Gasteiger partial charge in [-0.1, -0.05) is 19.1 Å². The molecule has 2 heterocycles. The number of anilines is 1. The number of nitrogens with one attached hydrogen (secondary N) is 2. The highest BCUT2D eigenvalue weighted by atomic mass is 32.1. The predicted octanol–water partition coefficient (Wildman–Crippen LogP) is 3.38. The number of thiazole rings is 1. The van der Waals surface area contributed by atoms with Crippen LogP contribution in [0.1, 0.15) is 46.9 Å². The van der Waals surface area contributed by atoms with Crippen molar-refractivity contribution in [3.8, 4) is 0 Å². The summed E-state index contributed by atoms with van der Waals surface area (Å²) >= 11 is 1.56. The van der Waals surface area contributed by atoms with Gasteiger partial charge in [-0.15, -0.1) is 11.3 Å². The molecule has 21 heavy (non-hydrogen) atoms. The first kappa shape index (κ1) is 14.2. The Morgan fingerprint density at radius 2 is 2.43 bits per heavy atom. The normalized spacial score (nSPS) is 17.9. The van der Waals surface area contributed by atoms with E-state index in [0.29, 0.717) is 11.7 Å². The largest absolute Gasteiger partial charge is 0.321 e. The third-order valence-electron chi connectivity index (χ3n) is 3.71. The van der Waals surface area contributed by atoms with Gasteiger partial charge >= 0.3 is 0 Å². The summed E-state index contributed by atoms with van der Waals surface area (Å²) in [5, 5.41) is 9.18. The zero-order valence-electron chi connectivity index (χ0n) is 12.1. The van der Waals surface area contributed by atoms with Gasteiger partial charge in [-0.25, -0.2) is 4.98 Å². The van der Waals surface area contributed by atoms with Crippen molar-refractivity contribution in [3.05, 3.63) is 45.9 Å². The molecule has 2 aromatic rings. The van der Waals surface area contributed by atoms with Gasteiger partial charge in [0.2, 0.25) is 0 Å². The van der Waals surface area contributed by atoms with Gasteiger partial charge in [0.25, 0.3) is 5.91 Å². The van der Waals surface area contributed by atoms with E-state index in [2.05, 4.69) is 28.6 Å². The Labute approximate surface area is 128 Å². The second kappa shape index (κ2) is 6.37. The zero-order chi connectivity index (χ0) is 14.7. The van der Waals surface area contributed by atoms with Gasteiger partial charge in [-0.3, -0.25) is 4.79 Å². The van der Waals surface area contributed by atoms with Crippen LogP contribution in [-0.2, 0) is 6.42 Å². The molecule has 1 aliphatic rings. The van der Waals surface area contributed by atoms with Crippen LogP contribution in [0.15, 0.2) is 29.6 Å². The Balaban J connectivity index is 1.70. The molecule has 1 unspecified atom stereocenters. The second-order valence-corrected chi connectivity index (χ2v) is 6.12. The predicted molar refractivity (Wildman–Crippen MR) is 85.9 cm³/mol. The number of nitrogens with zero attached hydrogens (tertiary/aromatic N) is 1. The molecule has 5 heteroatoms. The molecule has 1 fully saturated rings. The fourth-order valence-electron chi connectivity index (χ4n) is 2.51. The van der Waals surface area contributed by atoms with Gasteiger partial charge in [-0.05, 0) is 43.5 Å². The number of hydrogen-bond acceptors (Lipinski definition) is 4. The monoisotopic (exact) mass is 301 g/mol. The molecule has 0 radical (unpaired) electrons. The lowest BCUT2D eigenvalue weighted by Gasteiger charge is -2.06. The lowest BCUT2D eigenvalue weighted by molar-refractivity contribution is 0.102. The Kier molecular flexibility index (Phi) is 4.31. The third-order valence-corrected chi connectivity index (χ3v) is 4.66. The van der Waals surface area contributed by atoms with Crippen molar-refractivity contribution in [3.63, 3.8) is 0 Å². The number of amides is 1. The number of carbonyl (C=O) groups excluding carboxylic acids is 1. The molecule has 1 aliphatic heterocycles. The molecule has 2 N–H and O–H groups in total. The minimum atomic E-state index is -0.135. The summed E-state index contributed by atoms with van der Waals surface area (Å²) in [5.41, 5.74) is 2.54. The van der Waals surface area contributed by atoms with E-state index in [1.807, 2.05) is 23.6 Å². The number of carbonyl (C=O) groups is 1. The zero-order valence-corrected chi connectivity index (χ0v) is 12.9. The highest BCUT2D eigenvalue weighted by Crippen LogP contribution is 2.26. The van der Waals surface area contributed by atoms with Crippen molar-refractivity contribution in [2.24, 2.45) is 0 Å². The van der Waals surface area contributed by atoms with Crippen molar-refractivity contribution in [1.82, 2.24) is 10.3 Å². The van der Waals surface area contributed by atoms with Crippen LogP contribution in [0.4, 0.5) is 5.69 Å². The molecule has 1 saturated heterocycles. The summed E-state index contributed by atoms with van der Waals surface area (Å²) in [6.07, 6.45) is 3.24. The van der Waals surface area contributed by atoms with E-state index in [4.69, 9.17) is 0 Å². The second-order valence-electron chi connectivity index (χ2n) is 5.23. The minimum absolute atomic E-state index is 0.135. The van der Waals surface area contributed by atoms with Crippen molar-refractivity contribution >= 4 is 22.9 Å². The smallest absolute Gasteiger partial charge is 0.275 e. The van der Waals surface area contributed by atoms with Crippen LogP contribution in [0.25, 0.3) is 0 Å². The van der Waals surface area contributed by atoms with E-state index in [9.17, 15) is 4.79 Å². The van der Waals surface area contributed by atoms with Crippen molar-refractivity contribution in [2.45, 2.75) is 32.2 Å². The molecular weight excluding hydrogens is 282 g/mol. The van der Waals surface area contributed by atoms with E-state index < -0.39 is 0 Å². The molecule has 4 nitrogen and oxygen atoms in total. The third kappa shape index (κ3) is 3.31. The van der Waals surface area contributed by atoms with Crippen LogP contribution in [0, 0.1) is 0 Å². The summed E-state index contributed by atoms with van der Waals surface area (Å²) in [6.45, 7) is 3.14. The van der Waals surface area contributed by atoms with Crippen LogP contribution >= 0.6 is 11.3 Å². The molecule has 1 atom stereocenters. The van der Waals surface area contributed by atoms with E-state index in [-0.39, 0.29) is 5.91 Å². The Morgan fingerprint density at radius 3 is 3.19 bits per heavy atom. The summed E-state index contributed by atoms with van der Waals surface area (Å²) in [6, 6.07) is 8.25. The average molecular weight is 301 g/mol. The highest BCUT2D eigenvalue weighted by molar-refractivity contribution is 7.09. The molecular formula is C16H19N3OS. The quantitative estimate of drug-likeness (QED) is 0.910. The van der Waals surface area contributed by atoms with Crippen LogP contribution in [0.2, 0.25) is 0 Å². The maximum absolute atomic E-state index is 12.3. The van der Waals surface area contributed by atoms with E-state index in [1.54, 1.807) is 11.3 Å². The number of benzene rings is 1. The fraction of sp³-hybridized carbons (Fsp3) is 0.375. The first-order valence-electron chi connectivity index (χ1n) is 7.35. The van der Waals surface area contributed by atoms with Crippen molar-refractivity contribution in [2.75, 3.05) is 11.9 Å². The fourth-order valence-corrected chi connectivity index (χ4v) is 3.42. The van der Waals surface area contributed by atoms with Gasteiger partial charge < -0.3 is 10.6 Å². The number of hydrogen-bond donors (Lipinski definition) is 2. The summed E-state index contributed by atoms with van der Waals surface area (Å²) < 4.78 is 0. The SMILES string of the molecule is CCc1cccc(NC(=O)c2csc(C3CCCN3)n2)c1. The topological polar surface area (TPSA) is 54.0 Å². The van der Waals surface area contributed by atoms with Gasteiger partial charge in [0.15, 0.2) is 0 Å². The molecule has 110 valence electrons. The number of rotatable bonds is 4. The summed E-state index contributed by atoms with van der Waals surface area (Å²) in [4.78, 5) is 16.7. The van der Waals surface area contributed by atoms with Gasteiger partial charge in [0, 0.05) is 11.1 Å². The highest BCUT2D eigenvalue weighted by Gasteiger charge is 2.21. The van der Waals surface area contributed by atoms with Gasteiger partial charge in [0.05, 0.1) is 6.04 Å². The first-order valence-corrected chi connectivity index (χ1v) is 8.23. The average Bonchev–Trinajstić information content (AvgIpc) is 3.18. The molecule has 1 aromatic carbocycles. The molecule has 0 aliphatic carbocycles. The lowest BCUT2D eigenvalue weighted by atomic mass is 10.1. The van der Waals surface area contributed by atoms with Crippen LogP contribution in [0.5, 0.6) is 0 Å². The van der Waals surface area contributed by atoms with E-state index in [1.165, 1.54) is 12.0 Å². The van der Waals surface area contributed by atoms with Crippen LogP contribution in [0.3, 0.4) is 0 Å². The molecule has 0 saturated carbocycles. The summed E-state index contributed by atoms with van der Waals surface area (Å²) in [7, 11) is 0. The standard InChI is InChI=1S/C16H19N3OS/c1-2-11-5-3-6-12(9-11)18-15(20)14-10-21-16(19-14)13-7-4-8-17-13/h3,5-6,9-10,13,17H,2,4,7-8H2,1H3,(H,18,20). The maximum atomic E-state index is 12.3. The van der Waals surface area contributed by atoms with Crippen LogP contribution in [-0.4, -0.2) is 17.4 Å². The molecule has 1 aromatic heterocycles. The minimum Gasteiger partial charge on any atom is -0.321 e. The molecule has 1 amide bonds. The number of aromatic nitrogens is 1. The summed E-state index contributed by atoms with van der Waals surface area (Å²) in [5.74, 6) is -0.135. The number of aryl methyl sites for hydroxylation is 1.